The summed E-state index contributed by atoms with van der Waals surface area (Å²) in [5, 5.41) is 0. The summed E-state index contributed by atoms with van der Waals surface area (Å²) in [7, 11) is 0. The second-order valence-corrected chi connectivity index (χ2v) is 4.77. The molecule has 0 spiro atoms. The van der Waals surface area contributed by atoms with Gasteiger partial charge in [0.1, 0.15) is 0 Å². The average Bonchev–Trinajstić information content (AvgIpc) is 2.56. The van der Waals surface area contributed by atoms with Gasteiger partial charge in [-0.2, -0.15) is 0 Å². The fourth-order valence-corrected chi connectivity index (χ4v) is 1.37. The van der Waals surface area contributed by atoms with Crippen LogP contribution in [-0.4, -0.2) is 9.55 Å². The zero-order chi connectivity index (χ0) is 10.1. The van der Waals surface area contributed by atoms with Crippen LogP contribution in [0.25, 0.3) is 0 Å². The molecule has 2 nitrogen and oxygen atoms in total. The Bertz CT molecular complexity index is 258. The molecule has 1 aromatic heterocycles. The van der Waals surface area contributed by atoms with Crippen LogP contribution < -0.4 is 0 Å². The molecule has 0 saturated heterocycles. The van der Waals surface area contributed by atoms with Gasteiger partial charge < -0.3 is 4.57 Å². The number of rotatable bonds is 3. The maximum absolute atomic E-state index is 4.10. The topological polar surface area (TPSA) is 17.8 Å². The number of nitrogens with zero attached hydrogens (tertiary/aromatic N) is 2. The van der Waals surface area contributed by atoms with E-state index in [1.165, 1.54) is 0 Å². The van der Waals surface area contributed by atoms with Crippen LogP contribution in [0.3, 0.4) is 0 Å². The Hall–Kier alpha value is -0.790. The van der Waals surface area contributed by atoms with Crippen LogP contribution >= 0.6 is 0 Å². The second-order valence-electron chi connectivity index (χ2n) is 4.77. The third kappa shape index (κ3) is 1.62. The van der Waals surface area contributed by atoms with Crippen LogP contribution in [0.15, 0.2) is 18.7 Å². The van der Waals surface area contributed by atoms with Crippen molar-refractivity contribution in [2.75, 3.05) is 0 Å². The van der Waals surface area contributed by atoms with Gasteiger partial charge in [0, 0.05) is 17.9 Å². The lowest BCUT2D eigenvalue weighted by Crippen LogP contribution is -2.40. The van der Waals surface area contributed by atoms with Crippen molar-refractivity contribution in [1.29, 1.82) is 0 Å². The van der Waals surface area contributed by atoms with E-state index in [-0.39, 0.29) is 11.0 Å². The molecule has 0 atom stereocenters. The highest BCUT2D eigenvalue weighted by Gasteiger charge is 2.36. The summed E-state index contributed by atoms with van der Waals surface area (Å²) in [6.07, 6.45) is 6.94. The minimum Gasteiger partial charge on any atom is -0.331 e. The molecule has 0 unspecified atom stereocenters. The number of imidazole rings is 1. The largest absolute Gasteiger partial charge is 0.331 e. The molecule has 0 saturated carbocycles. The van der Waals surface area contributed by atoms with E-state index in [2.05, 4.69) is 44.2 Å². The summed E-state index contributed by atoms with van der Waals surface area (Å²) in [5.74, 6) is 0. The molecule has 0 aromatic carbocycles. The van der Waals surface area contributed by atoms with Crippen molar-refractivity contribution in [2.24, 2.45) is 5.41 Å². The summed E-state index contributed by atoms with van der Waals surface area (Å²) < 4.78 is 2.19. The van der Waals surface area contributed by atoms with E-state index in [4.69, 9.17) is 0 Å². The van der Waals surface area contributed by atoms with Gasteiger partial charge in [0.15, 0.2) is 0 Å². The highest BCUT2D eigenvalue weighted by Crippen LogP contribution is 2.39. The molecule has 74 valence electrons. The van der Waals surface area contributed by atoms with Gasteiger partial charge in [-0.25, -0.2) is 4.98 Å². The van der Waals surface area contributed by atoms with E-state index in [9.17, 15) is 0 Å². The zero-order valence-electron chi connectivity index (χ0n) is 9.33. The van der Waals surface area contributed by atoms with Crippen LogP contribution in [0.2, 0.25) is 0 Å². The molecule has 0 N–H and O–H groups in total. The molecule has 0 radical (unpaired) electrons. The monoisotopic (exact) mass is 180 g/mol. The minimum absolute atomic E-state index is 0.123. The van der Waals surface area contributed by atoms with Crippen LogP contribution in [-0.2, 0) is 5.54 Å². The Balaban J connectivity index is 3.02. The van der Waals surface area contributed by atoms with Gasteiger partial charge in [-0.1, -0.05) is 20.8 Å². The van der Waals surface area contributed by atoms with Gasteiger partial charge in [-0.05, 0) is 25.7 Å². The van der Waals surface area contributed by atoms with E-state index in [0.29, 0.717) is 0 Å². The molecule has 0 aliphatic heterocycles. The predicted octanol–water partition coefficient (Wildman–Crippen LogP) is 3.05. The third-order valence-corrected chi connectivity index (χ3v) is 3.69. The molecule has 13 heavy (non-hydrogen) atoms. The predicted molar refractivity (Wildman–Crippen MR) is 55.6 cm³/mol. The first-order chi connectivity index (χ1) is 5.92. The van der Waals surface area contributed by atoms with E-state index >= 15 is 0 Å². The highest BCUT2D eigenvalue weighted by molar-refractivity contribution is 4.94. The molecule has 1 aromatic rings. The van der Waals surface area contributed by atoms with Crippen molar-refractivity contribution in [3.8, 4) is 0 Å². The smallest absolute Gasteiger partial charge is 0.0951 e. The van der Waals surface area contributed by atoms with Crippen LogP contribution in [0.5, 0.6) is 0 Å². The van der Waals surface area contributed by atoms with Gasteiger partial charge in [-0.15, -0.1) is 0 Å². The van der Waals surface area contributed by atoms with E-state index < -0.39 is 0 Å². The van der Waals surface area contributed by atoms with E-state index in [1.54, 1.807) is 0 Å². The SMILES string of the molecule is CCC(C)(C)C(C)(C)n1ccnc1. The lowest BCUT2D eigenvalue weighted by molar-refractivity contribution is 0.113. The van der Waals surface area contributed by atoms with Gasteiger partial charge in [0.2, 0.25) is 0 Å². The van der Waals surface area contributed by atoms with Crippen LogP contribution in [0.1, 0.15) is 41.0 Å². The Labute approximate surface area is 81.0 Å². The molecule has 1 rings (SSSR count). The number of aromatic nitrogens is 2. The lowest BCUT2D eigenvalue weighted by atomic mass is 9.72. The quantitative estimate of drug-likeness (QED) is 0.699. The van der Waals surface area contributed by atoms with Crippen LogP contribution in [0, 0.1) is 5.41 Å². The second kappa shape index (κ2) is 3.17. The Morgan fingerprint density at radius 1 is 1.23 bits per heavy atom. The summed E-state index contributed by atoms with van der Waals surface area (Å²) in [6.45, 7) is 11.4. The standard InChI is InChI=1S/C11H20N2/c1-6-10(2,3)11(4,5)13-8-7-12-9-13/h7-9H,6H2,1-5H3. The molecule has 0 amide bonds. The van der Waals surface area contributed by atoms with E-state index in [1.807, 2.05) is 18.7 Å². The molecule has 0 bridgehead atoms. The fourth-order valence-electron chi connectivity index (χ4n) is 1.37. The van der Waals surface area contributed by atoms with Gasteiger partial charge in [0.25, 0.3) is 0 Å². The molecule has 1 heterocycles. The normalized spacial score (nSPS) is 13.3. The van der Waals surface area contributed by atoms with Gasteiger partial charge in [0.05, 0.1) is 6.33 Å². The Morgan fingerprint density at radius 3 is 2.23 bits per heavy atom. The minimum atomic E-state index is 0.123. The maximum atomic E-state index is 4.10. The molecule has 0 fully saturated rings. The Morgan fingerprint density at radius 2 is 1.85 bits per heavy atom. The zero-order valence-corrected chi connectivity index (χ0v) is 9.33. The molecular weight excluding hydrogens is 160 g/mol. The summed E-state index contributed by atoms with van der Waals surface area (Å²) in [4.78, 5) is 4.10. The Kier molecular flexibility index (Phi) is 2.51. The van der Waals surface area contributed by atoms with Crippen molar-refractivity contribution in [3.63, 3.8) is 0 Å². The highest BCUT2D eigenvalue weighted by atomic mass is 15.1. The van der Waals surface area contributed by atoms with Crippen molar-refractivity contribution in [1.82, 2.24) is 9.55 Å². The summed E-state index contributed by atoms with van der Waals surface area (Å²) >= 11 is 0. The maximum Gasteiger partial charge on any atom is 0.0951 e. The van der Waals surface area contributed by atoms with Crippen molar-refractivity contribution < 1.29 is 0 Å². The number of hydrogen-bond acceptors (Lipinski definition) is 1. The summed E-state index contributed by atoms with van der Waals surface area (Å²) in [6, 6.07) is 0. The van der Waals surface area contributed by atoms with Crippen molar-refractivity contribution in [3.05, 3.63) is 18.7 Å². The average molecular weight is 180 g/mol. The third-order valence-electron chi connectivity index (χ3n) is 3.69. The first-order valence-electron chi connectivity index (χ1n) is 4.90. The molecule has 0 aliphatic carbocycles. The number of hydrogen-bond donors (Lipinski definition) is 0. The van der Waals surface area contributed by atoms with Crippen molar-refractivity contribution >= 4 is 0 Å². The summed E-state index contributed by atoms with van der Waals surface area (Å²) in [5.41, 5.74) is 0.409. The molecular formula is C11H20N2. The fraction of sp³-hybridized carbons (Fsp3) is 0.727. The van der Waals surface area contributed by atoms with Crippen LogP contribution in [0.4, 0.5) is 0 Å². The van der Waals surface area contributed by atoms with Gasteiger partial charge >= 0.3 is 0 Å². The van der Waals surface area contributed by atoms with Crippen molar-refractivity contribution in [2.45, 2.75) is 46.6 Å². The molecule has 2 heteroatoms. The molecule has 0 aliphatic rings. The first-order valence-corrected chi connectivity index (χ1v) is 4.90. The van der Waals surface area contributed by atoms with Gasteiger partial charge in [-0.3, -0.25) is 0 Å². The first kappa shape index (κ1) is 10.3. The lowest BCUT2D eigenvalue weighted by Gasteiger charge is -2.42. The van der Waals surface area contributed by atoms with E-state index in [0.717, 1.165) is 6.42 Å².